The number of thiophene rings is 1. The minimum absolute atomic E-state index is 0.192. The lowest BCUT2D eigenvalue weighted by Gasteiger charge is -2.08. The van der Waals surface area contributed by atoms with Crippen molar-refractivity contribution >= 4 is 40.5 Å². The zero-order chi connectivity index (χ0) is 19.9. The van der Waals surface area contributed by atoms with Crippen molar-refractivity contribution in [3.8, 4) is 0 Å². The Balaban J connectivity index is 1.54. The number of esters is 1. The predicted octanol–water partition coefficient (Wildman–Crippen LogP) is 4.16. The number of nitrogens with one attached hydrogen (secondary N) is 2. The van der Waals surface area contributed by atoms with E-state index < -0.39 is 11.9 Å². The van der Waals surface area contributed by atoms with E-state index >= 15 is 0 Å². The van der Waals surface area contributed by atoms with E-state index in [0.717, 1.165) is 25.7 Å². The standard InChI is InChI=1S/C21H24N2O4S/c1-14(24)22-16-8-6-9-17(12-16)23-20(25)13-27-21(26)19-11-15-7-4-2-3-5-10-18(15)28-19/h6,8-9,11-12H,2-5,7,10,13H2,1H3,(H,22,24)(H,23,25). The number of benzene rings is 1. The molecule has 1 aromatic carbocycles. The molecule has 2 aromatic rings. The first-order valence-corrected chi connectivity index (χ1v) is 10.3. The average molecular weight is 401 g/mol. The molecule has 1 aliphatic rings. The second-order valence-electron chi connectivity index (χ2n) is 6.86. The van der Waals surface area contributed by atoms with Gasteiger partial charge in [-0.15, -0.1) is 11.3 Å². The summed E-state index contributed by atoms with van der Waals surface area (Å²) in [5.74, 6) is -1.08. The average Bonchev–Trinajstić information content (AvgIpc) is 3.01. The molecule has 7 heteroatoms. The van der Waals surface area contributed by atoms with Crippen molar-refractivity contribution in [2.24, 2.45) is 0 Å². The van der Waals surface area contributed by atoms with Gasteiger partial charge in [-0.1, -0.05) is 18.9 Å². The van der Waals surface area contributed by atoms with Crippen molar-refractivity contribution < 1.29 is 19.1 Å². The Morgan fingerprint density at radius 1 is 1.00 bits per heavy atom. The van der Waals surface area contributed by atoms with Gasteiger partial charge in [-0.05, 0) is 55.5 Å². The summed E-state index contributed by atoms with van der Waals surface area (Å²) in [5.41, 5.74) is 2.35. The third kappa shape index (κ3) is 5.66. The van der Waals surface area contributed by atoms with Crippen LogP contribution in [0.5, 0.6) is 0 Å². The van der Waals surface area contributed by atoms with Crippen LogP contribution in [0.2, 0.25) is 0 Å². The highest BCUT2D eigenvalue weighted by atomic mass is 32.1. The zero-order valence-corrected chi connectivity index (χ0v) is 16.7. The van der Waals surface area contributed by atoms with Gasteiger partial charge in [-0.2, -0.15) is 0 Å². The SMILES string of the molecule is CC(=O)Nc1cccc(NC(=O)COC(=O)c2cc3c(s2)CCCCCC3)c1. The fraction of sp³-hybridized carbons (Fsp3) is 0.381. The van der Waals surface area contributed by atoms with Crippen molar-refractivity contribution in [2.45, 2.75) is 45.4 Å². The fourth-order valence-corrected chi connectivity index (χ4v) is 4.37. The highest BCUT2D eigenvalue weighted by Crippen LogP contribution is 2.29. The van der Waals surface area contributed by atoms with Gasteiger partial charge >= 0.3 is 5.97 Å². The number of carbonyl (C=O) groups is 3. The van der Waals surface area contributed by atoms with Crippen LogP contribution in [0.4, 0.5) is 11.4 Å². The Morgan fingerprint density at radius 3 is 2.46 bits per heavy atom. The minimum atomic E-state index is -0.459. The largest absolute Gasteiger partial charge is 0.451 e. The molecule has 0 aliphatic heterocycles. The first kappa shape index (κ1) is 20.1. The highest BCUT2D eigenvalue weighted by Gasteiger charge is 2.18. The number of hydrogen-bond acceptors (Lipinski definition) is 5. The first-order valence-electron chi connectivity index (χ1n) is 9.47. The summed E-state index contributed by atoms with van der Waals surface area (Å²) in [6.07, 6.45) is 6.79. The maximum atomic E-state index is 12.3. The van der Waals surface area contributed by atoms with E-state index in [9.17, 15) is 14.4 Å². The van der Waals surface area contributed by atoms with Gasteiger partial charge in [0.2, 0.25) is 5.91 Å². The van der Waals surface area contributed by atoms with Crippen LogP contribution in [-0.4, -0.2) is 24.4 Å². The highest BCUT2D eigenvalue weighted by molar-refractivity contribution is 7.14. The Hall–Kier alpha value is -2.67. The Kier molecular flexibility index (Phi) is 6.81. The fourth-order valence-electron chi connectivity index (χ4n) is 3.22. The second kappa shape index (κ2) is 9.50. The lowest BCUT2D eigenvalue weighted by atomic mass is 10.00. The summed E-state index contributed by atoms with van der Waals surface area (Å²) in [4.78, 5) is 37.4. The minimum Gasteiger partial charge on any atom is -0.451 e. The molecule has 0 radical (unpaired) electrons. The molecule has 28 heavy (non-hydrogen) atoms. The third-order valence-corrected chi connectivity index (χ3v) is 5.72. The van der Waals surface area contributed by atoms with E-state index in [1.807, 2.05) is 6.07 Å². The van der Waals surface area contributed by atoms with Crippen molar-refractivity contribution in [3.63, 3.8) is 0 Å². The van der Waals surface area contributed by atoms with Crippen LogP contribution >= 0.6 is 11.3 Å². The van der Waals surface area contributed by atoms with Gasteiger partial charge in [-0.3, -0.25) is 9.59 Å². The maximum absolute atomic E-state index is 12.3. The van der Waals surface area contributed by atoms with Crippen LogP contribution < -0.4 is 10.6 Å². The van der Waals surface area contributed by atoms with E-state index in [-0.39, 0.29) is 12.5 Å². The predicted molar refractivity (Wildman–Crippen MR) is 110 cm³/mol. The van der Waals surface area contributed by atoms with E-state index in [1.54, 1.807) is 24.3 Å². The second-order valence-corrected chi connectivity index (χ2v) is 8.00. The molecular formula is C21H24N2O4S. The number of carbonyl (C=O) groups excluding carboxylic acids is 3. The van der Waals surface area contributed by atoms with E-state index in [1.165, 1.54) is 41.5 Å². The van der Waals surface area contributed by atoms with Crippen molar-refractivity contribution in [3.05, 3.63) is 45.6 Å². The van der Waals surface area contributed by atoms with Crippen LogP contribution in [0.15, 0.2) is 30.3 Å². The number of aryl methyl sites for hydroxylation is 2. The molecule has 1 aromatic heterocycles. The Bertz CT molecular complexity index is 850. The Labute approximate surface area is 168 Å². The van der Waals surface area contributed by atoms with Gasteiger partial charge in [0.1, 0.15) is 4.88 Å². The topological polar surface area (TPSA) is 84.5 Å². The number of anilines is 2. The van der Waals surface area contributed by atoms with Crippen molar-refractivity contribution in [1.82, 2.24) is 0 Å². The molecule has 0 bridgehead atoms. The van der Waals surface area contributed by atoms with Gasteiger partial charge in [0.25, 0.3) is 5.91 Å². The monoisotopic (exact) mass is 400 g/mol. The first-order chi connectivity index (χ1) is 13.5. The summed E-state index contributed by atoms with van der Waals surface area (Å²) in [6, 6.07) is 8.70. The number of ether oxygens (including phenoxy) is 1. The summed E-state index contributed by atoms with van der Waals surface area (Å²) < 4.78 is 5.19. The Morgan fingerprint density at radius 2 is 1.71 bits per heavy atom. The summed E-state index contributed by atoms with van der Waals surface area (Å²) >= 11 is 1.48. The van der Waals surface area contributed by atoms with E-state index in [4.69, 9.17) is 4.74 Å². The molecule has 2 amide bonds. The molecule has 1 aliphatic carbocycles. The van der Waals surface area contributed by atoms with Gasteiger partial charge < -0.3 is 15.4 Å². The molecule has 1 heterocycles. The quantitative estimate of drug-likeness (QED) is 0.738. The molecule has 0 spiro atoms. The van der Waals surface area contributed by atoms with E-state index in [0.29, 0.717) is 16.3 Å². The van der Waals surface area contributed by atoms with Gasteiger partial charge in [-0.25, -0.2) is 4.79 Å². The summed E-state index contributed by atoms with van der Waals surface area (Å²) in [6.45, 7) is 1.06. The number of fused-ring (bicyclic) bond motifs is 1. The lowest BCUT2D eigenvalue weighted by molar-refractivity contribution is -0.119. The van der Waals surface area contributed by atoms with Crippen LogP contribution in [0.1, 0.15) is 52.7 Å². The molecule has 3 rings (SSSR count). The van der Waals surface area contributed by atoms with Crippen LogP contribution in [-0.2, 0) is 27.2 Å². The third-order valence-electron chi connectivity index (χ3n) is 4.50. The summed E-state index contributed by atoms with van der Waals surface area (Å²) in [5, 5.41) is 5.31. The van der Waals surface area contributed by atoms with Crippen LogP contribution in [0.3, 0.4) is 0 Å². The maximum Gasteiger partial charge on any atom is 0.348 e. The van der Waals surface area contributed by atoms with Gasteiger partial charge in [0.05, 0.1) is 0 Å². The molecule has 0 saturated carbocycles. The molecule has 0 fully saturated rings. The number of hydrogen-bond donors (Lipinski definition) is 2. The number of amides is 2. The van der Waals surface area contributed by atoms with Gasteiger partial charge in [0.15, 0.2) is 6.61 Å². The normalized spacial score (nSPS) is 13.6. The van der Waals surface area contributed by atoms with Crippen molar-refractivity contribution in [2.75, 3.05) is 17.2 Å². The number of rotatable bonds is 5. The lowest BCUT2D eigenvalue weighted by Crippen LogP contribution is -2.20. The van der Waals surface area contributed by atoms with E-state index in [2.05, 4.69) is 10.6 Å². The molecule has 2 N–H and O–H groups in total. The van der Waals surface area contributed by atoms with Gasteiger partial charge in [0, 0.05) is 23.2 Å². The zero-order valence-electron chi connectivity index (χ0n) is 15.9. The summed E-state index contributed by atoms with van der Waals surface area (Å²) in [7, 11) is 0. The van der Waals surface area contributed by atoms with Crippen LogP contribution in [0, 0.1) is 0 Å². The molecule has 6 nitrogen and oxygen atoms in total. The van der Waals surface area contributed by atoms with Crippen LogP contribution in [0.25, 0.3) is 0 Å². The molecule has 0 atom stereocenters. The van der Waals surface area contributed by atoms with Crippen molar-refractivity contribution in [1.29, 1.82) is 0 Å². The smallest absolute Gasteiger partial charge is 0.348 e. The molecule has 0 unspecified atom stereocenters. The molecule has 0 saturated heterocycles. The molecule has 148 valence electrons. The molecular weight excluding hydrogens is 376 g/mol.